The van der Waals surface area contributed by atoms with Gasteiger partial charge in [0.2, 0.25) is 0 Å². The number of carbonyl (C=O) groups is 2. The lowest BCUT2D eigenvalue weighted by Crippen LogP contribution is -2.56. The van der Waals surface area contributed by atoms with Crippen molar-refractivity contribution in [1.29, 1.82) is 0 Å². The van der Waals surface area contributed by atoms with E-state index in [0.29, 0.717) is 11.4 Å². The van der Waals surface area contributed by atoms with Crippen LogP contribution in [0.4, 0.5) is 17.1 Å². The van der Waals surface area contributed by atoms with Crippen molar-refractivity contribution in [2.45, 2.75) is 19.4 Å². The van der Waals surface area contributed by atoms with Crippen molar-refractivity contribution in [2.75, 3.05) is 21.2 Å². The number of thiocarbonyl (C=S) groups is 1. The van der Waals surface area contributed by atoms with Crippen LogP contribution in [-0.4, -0.2) is 23.5 Å². The van der Waals surface area contributed by atoms with Crippen LogP contribution in [-0.2, 0) is 22.6 Å². The maximum Gasteiger partial charge on any atom is 0.270 e. The average molecular weight is 530 g/mol. The van der Waals surface area contributed by atoms with Gasteiger partial charge in [-0.15, -0.1) is 0 Å². The molecule has 0 saturated carbocycles. The van der Waals surface area contributed by atoms with Crippen LogP contribution in [0.1, 0.15) is 23.1 Å². The van der Waals surface area contributed by atoms with Crippen molar-refractivity contribution < 1.29 is 9.59 Å². The van der Waals surface area contributed by atoms with Gasteiger partial charge in [0, 0.05) is 18.8 Å². The molecule has 1 fully saturated rings. The van der Waals surface area contributed by atoms with Gasteiger partial charge in [-0.05, 0) is 84.2 Å². The van der Waals surface area contributed by atoms with Crippen LogP contribution in [0.3, 0.4) is 0 Å². The Bertz CT molecular complexity index is 1510. The van der Waals surface area contributed by atoms with Crippen LogP contribution in [0.25, 0.3) is 6.08 Å². The lowest BCUT2D eigenvalue weighted by Gasteiger charge is -2.36. The van der Waals surface area contributed by atoms with E-state index in [2.05, 4.69) is 41.3 Å². The summed E-state index contributed by atoms with van der Waals surface area (Å²) in [5, 5.41) is 0.140. The zero-order valence-corrected chi connectivity index (χ0v) is 22.2. The highest BCUT2D eigenvalue weighted by molar-refractivity contribution is 7.81. The number of carbonyl (C=O) groups excluding carboxylic acids is 2. The average Bonchev–Trinajstić information content (AvgIpc) is 2.97. The van der Waals surface area contributed by atoms with Crippen molar-refractivity contribution in [3.63, 3.8) is 0 Å². The third kappa shape index (κ3) is 4.87. The lowest BCUT2D eigenvalue weighted by molar-refractivity contribution is -0.120. The number of benzene rings is 4. The highest BCUT2D eigenvalue weighted by atomic mass is 32.1. The molecule has 4 aromatic rings. The molecule has 0 atom stereocenters. The van der Waals surface area contributed by atoms with E-state index in [4.69, 9.17) is 12.2 Å². The van der Waals surface area contributed by atoms with Gasteiger partial charge in [-0.3, -0.25) is 19.4 Å². The highest BCUT2D eigenvalue weighted by Crippen LogP contribution is 2.32. The Balaban J connectivity index is 1.38. The maximum atomic E-state index is 13.8. The molecule has 2 heterocycles. The van der Waals surface area contributed by atoms with Gasteiger partial charge in [0.25, 0.3) is 11.8 Å². The summed E-state index contributed by atoms with van der Waals surface area (Å²) in [6, 6.07) is 35.1. The molecule has 0 spiro atoms. The van der Waals surface area contributed by atoms with E-state index >= 15 is 0 Å². The predicted octanol–water partition coefficient (Wildman–Crippen LogP) is 6.39. The molecule has 0 N–H and O–H groups in total. The Morgan fingerprint density at radius 1 is 0.718 bits per heavy atom. The van der Waals surface area contributed by atoms with E-state index in [1.54, 1.807) is 6.08 Å². The first-order valence-corrected chi connectivity index (χ1v) is 13.5. The predicted molar refractivity (Wildman–Crippen MR) is 161 cm³/mol. The molecule has 2 amide bonds. The van der Waals surface area contributed by atoms with Gasteiger partial charge >= 0.3 is 0 Å². The molecule has 0 aliphatic carbocycles. The van der Waals surface area contributed by atoms with Crippen LogP contribution in [0.2, 0.25) is 0 Å². The SMILES string of the molecule is O=C1C(=Cc2ccc3c(c2)CCCN3Cc2ccccc2)C(=O)N(c2ccccc2)C(=S)N1c1ccccc1. The number of fused-ring (bicyclic) bond motifs is 1. The van der Waals surface area contributed by atoms with Gasteiger partial charge in [0.15, 0.2) is 5.11 Å². The van der Waals surface area contributed by atoms with Crippen molar-refractivity contribution in [3.05, 3.63) is 131 Å². The molecule has 6 rings (SSSR count). The summed E-state index contributed by atoms with van der Waals surface area (Å²) in [6.45, 7) is 1.84. The van der Waals surface area contributed by atoms with Crippen LogP contribution in [0.15, 0.2) is 115 Å². The molecule has 0 unspecified atom stereocenters. The standard InChI is InChI=1S/C33H27N3O2S/c37-31-29(22-25-18-19-30-26(21-25)13-10-20-34(30)23-24-11-4-1-5-12-24)32(38)36(28-16-8-3-9-17-28)33(39)35(31)27-14-6-2-7-15-27/h1-9,11-12,14-19,21-22H,10,13,20,23H2. The van der Waals surface area contributed by atoms with Crippen molar-refractivity contribution in [1.82, 2.24) is 0 Å². The number of amides is 2. The van der Waals surface area contributed by atoms with Crippen LogP contribution >= 0.6 is 12.2 Å². The molecular formula is C33H27N3O2S. The first-order chi connectivity index (χ1) is 19.1. The first-order valence-electron chi connectivity index (χ1n) is 13.1. The summed E-state index contributed by atoms with van der Waals surface area (Å²) in [7, 11) is 0. The summed E-state index contributed by atoms with van der Waals surface area (Å²) in [4.78, 5) is 32.9. The highest BCUT2D eigenvalue weighted by Gasteiger charge is 2.41. The van der Waals surface area contributed by atoms with Gasteiger partial charge in [0.1, 0.15) is 5.57 Å². The number of para-hydroxylation sites is 2. The largest absolute Gasteiger partial charge is 0.367 e. The molecule has 192 valence electrons. The molecule has 1 saturated heterocycles. The third-order valence-corrected chi connectivity index (χ3v) is 7.49. The molecule has 5 nitrogen and oxygen atoms in total. The summed E-state index contributed by atoms with van der Waals surface area (Å²) >= 11 is 5.71. The topological polar surface area (TPSA) is 43.9 Å². The molecule has 6 heteroatoms. The van der Waals surface area contributed by atoms with Gasteiger partial charge in [-0.25, -0.2) is 0 Å². The van der Waals surface area contributed by atoms with Gasteiger partial charge in [-0.1, -0.05) is 72.8 Å². The lowest BCUT2D eigenvalue weighted by atomic mass is 9.97. The molecular weight excluding hydrogens is 502 g/mol. The zero-order valence-electron chi connectivity index (χ0n) is 21.4. The van der Waals surface area contributed by atoms with Crippen LogP contribution in [0, 0.1) is 0 Å². The molecule has 0 aromatic heterocycles. The quantitative estimate of drug-likeness (QED) is 0.171. The molecule has 2 aliphatic rings. The maximum absolute atomic E-state index is 13.8. The summed E-state index contributed by atoms with van der Waals surface area (Å²) in [5.74, 6) is -0.849. The molecule has 2 aliphatic heterocycles. The number of anilines is 3. The second-order valence-electron chi connectivity index (χ2n) is 9.69. The zero-order chi connectivity index (χ0) is 26.8. The minimum atomic E-state index is -0.424. The number of rotatable bonds is 5. The Kier molecular flexibility index (Phi) is 6.78. The number of hydrogen-bond acceptors (Lipinski definition) is 4. The van der Waals surface area contributed by atoms with Gasteiger partial charge in [0.05, 0.1) is 11.4 Å². The van der Waals surface area contributed by atoms with Gasteiger partial charge in [-0.2, -0.15) is 0 Å². The smallest absolute Gasteiger partial charge is 0.270 e. The Labute approximate surface area is 233 Å². The van der Waals surface area contributed by atoms with E-state index in [1.807, 2.05) is 72.8 Å². The second-order valence-corrected chi connectivity index (χ2v) is 10.1. The third-order valence-electron chi connectivity index (χ3n) is 7.12. The Hall–Kier alpha value is -4.55. The number of nitrogens with zero attached hydrogens (tertiary/aromatic N) is 3. The fourth-order valence-corrected chi connectivity index (χ4v) is 5.64. The second kappa shape index (κ2) is 10.7. The molecule has 0 bridgehead atoms. The number of hydrogen-bond donors (Lipinski definition) is 0. The van der Waals surface area contributed by atoms with Gasteiger partial charge < -0.3 is 4.90 Å². The summed E-state index contributed by atoms with van der Waals surface area (Å²) in [5.41, 5.74) is 5.83. The van der Waals surface area contributed by atoms with E-state index in [1.165, 1.54) is 26.6 Å². The van der Waals surface area contributed by atoms with Crippen LogP contribution in [0.5, 0.6) is 0 Å². The minimum absolute atomic E-state index is 0.0770. The number of aryl methyl sites for hydroxylation is 1. The van der Waals surface area contributed by atoms with E-state index in [0.717, 1.165) is 31.5 Å². The Morgan fingerprint density at radius 2 is 1.28 bits per heavy atom. The van der Waals surface area contributed by atoms with Crippen molar-refractivity contribution in [3.8, 4) is 0 Å². The van der Waals surface area contributed by atoms with Crippen molar-refractivity contribution >= 4 is 52.3 Å². The normalized spacial score (nSPS) is 15.4. The molecule has 39 heavy (non-hydrogen) atoms. The fourth-order valence-electron chi connectivity index (χ4n) is 5.26. The van der Waals surface area contributed by atoms with Crippen molar-refractivity contribution in [2.24, 2.45) is 0 Å². The fraction of sp³-hybridized carbons (Fsp3) is 0.121. The van der Waals surface area contributed by atoms with E-state index < -0.39 is 11.8 Å². The summed E-state index contributed by atoms with van der Waals surface area (Å²) < 4.78 is 0. The Morgan fingerprint density at radius 3 is 1.87 bits per heavy atom. The van der Waals surface area contributed by atoms with E-state index in [9.17, 15) is 9.59 Å². The molecule has 4 aromatic carbocycles. The summed E-state index contributed by atoms with van der Waals surface area (Å²) in [6.07, 6.45) is 3.71. The monoisotopic (exact) mass is 529 g/mol. The first kappa shape index (κ1) is 24.8. The minimum Gasteiger partial charge on any atom is -0.367 e. The molecule has 0 radical (unpaired) electrons. The van der Waals surface area contributed by atoms with Crippen LogP contribution < -0.4 is 14.7 Å². The van der Waals surface area contributed by atoms with E-state index in [-0.39, 0.29) is 10.7 Å².